The summed E-state index contributed by atoms with van der Waals surface area (Å²) in [6.45, 7) is 4.60. The molecule has 0 radical (unpaired) electrons. The van der Waals surface area contributed by atoms with Crippen molar-refractivity contribution in [2.75, 3.05) is 33.4 Å². The Morgan fingerprint density at radius 2 is 2.42 bits per heavy atom. The Morgan fingerprint density at radius 3 is 3.16 bits per heavy atom. The van der Waals surface area contributed by atoms with Gasteiger partial charge in [0.15, 0.2) is 0 Å². The number of carbonyl (C=O) groups excluding carboxylic acids is 1. The summed E-state index contributed by atoms with van der Waals surface area (Å²) in [5.41, 5.74) is 0.544. The smallest absolute Gasteiger partial charge is 0.259 e. The fourth-order valence-electron chi connectivity index (χ4n) is 2.36. The van der Waals surface area contributed by atoms with E-state index in [1.54, 1.807) is 25.4 Å². The Balaban J connectivity index is 2.08. The third-order valence-electron chi connectivity index (χ3n) is 3.26. The summed E-state index contributed by atoms with van der Waals surface area (Å²) in [5, 5.41) is 0. The van der Waals surface area contributed by atoms with E-state index in [-0.39, 0.29) is 5.91 Å². The van der Waals surface area contributed by atoms with Gasteiger partial charge in [-0.1, -0.05) is 0 Å². The van der Waals surface area contributed by atoms with Gasteiger partial charge in [0.25, 0.3) is 5.91 Å². The van der Waals surface area contributed by atoms with Gasteiger partial charge in [-0.25, -0.2) is 4.98 Å². The van der Waals surface area contributed by atoms with Crippen LogP contribution in [0.3, 0.4) is 0 Å². The van der Waals surface area contributed by atoms with Gasteiger partial charge in [-0.2, -0.15) is 0 Å². The SMILES string of the molecule is CCOc1ncccc1C(=O)N1CC[C@@H](COC)C1. The summed E-state index contributed by atoms with van der Waals surface area (Å²) >= 11 is 0. The molecule has 19 heavy (non-hydrogen) atoms. The Morgan fingerprint density at radius 1 is 1.58 bits per heavy atom. The highest BCUT2D eigenvalue weighted by Gasteiger charge is 2.28. The molecule has 2 rings (SSSR count). The van der Waals surface area contributed by atoms with Gasteiger partial charge in [-0.3, -0.25) is 4.79 Å². The molecule has 1 amide bonds. The molecule has 1 aliphatic rings. The van der Waals surface area contributed by atoms with E-state index in [1.807, 2.05) is 11.8 Å². The fraction of sp³-hybridized carbons (Fsp3) is 0.571. The van der Waals surface area contributed by atoms with Crippen LogP contribution in [0.4, 0.5) is 0 Å². The summed E-state index contributed by atoms with van der Waals surface area (Å²) in [5.74, 6) is 0.849. The van der Waals surface area contributed by atoms with Gasteiger partial charge in [-0.15, -0.1) is 0 Å². The summed E-state index contributed by atoms with van der Waals surface area (Å²) < 4.78 is 10.6. The molecule has 2 heterocycles. The number of methoxy groups -OCH3 is 1. The quantitative estimate of drug-likeness (QED) is 0.810. The largest absolute Gasteiger partial charge is 0.477 e. The molecule has 5 nitrogen and oxygen atoms in total. The molecule has 0 aliphatic carbocycles. The van der Waals surface area contributed by atoms with Crippen molar-refractivity contribution in [3.8, 4) is 5.88 Å². The molecule has 0 N–H and O–H groups in total. The summed E-state index contributed by atoms with van der Waals surface area (Å²) in [4.78, 5) is 18.4. The predicted molar refractivity (Wildman–Crippen MR) is 71.3 cm³/mol. The maximum Gasteiger partial charge on any atom is 0.259 e. The predicted octanol–water partition coefficient (Wildman–Crippen LogP) is 1.59. The zero-order valence-corrected chi connectivity index (χ0v) is 11.5. The minimum Gasteiger partial charge on any atom is -0.477 e. The second-order valence-corrected chi connectivity index (χ2v) is 4.65. The normalized spacial score (nSPS) is 18.6. The highest BCUT2D eigenvalue weighted by molar-refractivity contribution is 5.96. The minimum absolute atomic E-state index is 0.00449. The lowest BCUT2D eigenvalue weighted by molar-refractivity contribution is 0.0770. The molecular formula is C14H20N2O3. The molecule has 5 heteroatoms. The second-order valence-electron chi connectivity index (χ2n) is 4.65. The number of aromatic nitrogens is 1. The van der Waals surface area contributed by atoms with Crippen LogP contribution >= 0.6 is 0 Å². The molecule has 0 bridgehead atoms. The summed E-state index contributed by atoms with van der Waals surface area (Å²) in [6, 6.07) is 3.53. The van der Waals surface area contributed by atoms with Gasteiger partial charge in [-0.05, 0) is 25.5 Å². The first-order valence-corrected chi connectivity index (χ1v) is 6.62. The lowest BCUT2D eigenvalue weighted by Gasteiger charge is -2.17. The summed E-state index contributed by atoms with van der Waals surface area (Å²) in [7, 11) is 1.69. The molecule has 0 spiro atoms. The van der Waals surface area contributed by atoms with Gasteiger partial charge in [0.05, 0.1) is 13.2 Å². The van der Waals surface area contributed by atoms with Crippen molar-refractivity contribution in [2.24, 2.45) is 5.92 Å². The van der Waals surface area contributed by atoms with Crippen LogP contribution in [-0.4, -0.2) is 49.2 Å². The van der Waals surface area contributed by atoms with E-state index < -0.39 is 0 Å². The molecule has 0 unspecified atom stereocenters. The number of carbonyl (C=O) groups is 1. The Labute approximate surface area is 113 Å². The monoisotopic (exact) mass is 264 g/mol. The van der Waals surface area contributed by atoms with Crippen LogP contribution in [0.5, 0.6) is 5.88 Å². The van der Waals surface area contributed by atoms with Crippen LogP contribution in [-0.2, 0) is 4.74 Å². The molecule has 1 aromatic rings. The van der Waals surface area contributed by atoms with Gasteiger partial charge in [0, 0.05) is 32.3 Å². The number of likely N-dealkylation sites (tertiary alicyclic amines) is 1. The van der Waals surface area contributed by atoms with Gasteiger partial charge >= 0.3 is 0 Å². The van der Waals surface area contributed by atoms with Gasteiger partial charge in [0.1, 0.15) is 5.56 Å². The number of amides is 1. The first kappa shape index (κ1) is 13.8. The van der Waals surface area contributed by atoms with Crippen LogP contribution < -0.4 is 4.74 Å². The maximum atomic E-state index is 12.5. The van der Waals surface area contributed by atoms with E-state index in [2.05, 4.69) is 4.98 Å². The van der Waals surface area contributed by atoms with Crippen LogP contribution in [0, 0.1) is 5.92 Å². The van der Waals surface area contributed by atoms with E-state index in [0.29, 0.717) is 30.6 Å². The van der Waals surface area contributed by atoms with E-state index in [4.69, 9.17) is 9.47 Å². The van der Waals surface area contributed by atoms with E-state index in [0.717, 1.165) is 19.5 Å². The lowest BCUT2D eigenvalue weighted by Crippen LogP contribution is -2.29. The maximum absolute atomic E-state index is 12.5. The van der Waals surface area contributed by atoms with Crippen LogP contribution in [0.15, 0.2) is 18.3 Å². The van der Waals surface area contributed by atoms with E-state index in [1.165, 1.54) is 0 Å². The average Bonchev–Trinajstić information content (AvgIpc) is 2.88. The first-order chi connectivity index (χ1) is 9.26. The number of nitrogens with zero attached hydrogens (tertiary/aromatic N) is 2. The molecule has 0 saturated carbocycles. The van der Waals surface area contributed by atoms with Crippen molar-refractivity contribution in [2.45, 2.75) is 13.3 Å². The number of pyridine rings is 1. The molecule has 1 saturated heterocycles. The van der Waals surface area contributed by atoms with Crippen LogP contribution in [0.25, 0.3) is 0 Å². The Kier molecular flexibility index (Phi) is 4.74. The third-order valence-corrected chi connectivity index (χ3v) is 3.26. The molecule has 1 atom stereocenters. The first-order valence-electron chi connectivity index (χ1n) is 6.62. The van der Waals surface area contributed by atoms with Gasteiger partial charge in [0.2, 0.25) is 5.88 Å². The van der Waals surface area contributed by atoms with Crippen molar-refractivity contribution in [1.82, 2.24) is 9.88 Å². The van der Waals surface area contributed by atoms with E-state index >= 15 is 0 Å². The van der Waals surface area contributed by atoms with Crippen molar-refractivity contribution < 1.29 is 14.3 Å². The highest BCUT2D eigenvalue weighted by atomic mass is 16.5. The van der Waals surface area contributed by atoms with Crippen molar-refractivity contribution in [3.05, 3.63) is 23.9 Å². The zero-order valence-electron chi connectivity index (χ0n) is 11.5. The summed E-state index contributed by atoms with van der Waals surface area (Å²) in [6.07, 6.45) is 2.63. The fourth-order valence-corrected chi connectivity index (χ4v) is 2.36. The average molecular weight is 264 g/mol. The topological polar surface area (TPSA) is 51.7 Å². The highest BCUT2D eigenvalue weighted by Crippen LogP contribution is 2.22. The number of hydrogen-bond donors (Lipinski definition) is 0. The number of hydrogen-bond acceptors (Lipinski definition) is 4. The van der Waals surface area contributed by atoms with Crippen LogP contribution in [0.1, 0.15) is 23.7 Å². The lowest BCUT2D eigenvalue weighted by atomic mass is 10.1. The minimum atomic E-state index is -0.00449. The number of rotatable bonds is 5. The van der Waals surface area contributed by atoms with Crippen molar-refractivity contribution in [1.29, 1.82) is 0 Å². The van der Waals surface area contributed by atoms with Crippen LogP contribution in [0.2, 0.25) is 0 Å². The molecule has 1 aliphatic heterocycles. The Hall–Kier alpha value is -1.62. The second kappa shape index (κ2) is 6.52. The Bertz CT molecular complexity index is 436. The molecule has 1 aromatic heterocycles. The van der Waals surface area contributed by atoms with Crippen molar-refractivity contribution >= 4 is 5.91 Å². The molecule has 0 aromatic carbocycles. The third kappa shape index (κ3) is 3.23. The van der Waals surface area contributed by atoms with Crippen molar-refractivity contribution in [3.63, 3.8) is 0 Å². The van der Waals surface area contributed by atoms with Gasteiger partial charge < -0.3 is 14.4 Å². The zero-order chi connectivity index (χ0) is 13.7. The standard InChI is InChI=1S/C14H20N2O3/c1-3-19-13-12(5-4-7-15-13)14(17)16-8-6-11(9-16)10-18-2/h4-5,7,11H,3,6,8-10H2,1-2H3/t11-/m1/s1. The molecular weight excluding hydrogens is 244 g/mol. The molecule has 1 fully saturated rings. The van der Waals surface area contributed by atoms with E-state index in [9.17, 15) is 4.79 Å². The number of ether oxygens (including phenoxy) is 2. The molecule has 104 valence electrons.